The Balaban J connectivity index is 2.36. The fourth-order valence-electron chi connectivity index (χ4n) is 1.99. The third kappa shape index (κ3) is 1.28. The molecule has 0 atom stereocenters. The zero-order valence-electron chi connectivity index (χ0n) is 8.49. The van der Waals surface area contributed by atoms with Gasteiger partial charge in [-0.1, -0.05) is 6.07 Å². The van der Waals surface area contributed by atoms with E-state index in [1.54, 1.807) is 7.11 Å². The Labute approximate surface area is 92.7 Å². The summed E-state index contributed by atoms with van der Waals surface area (Å²) in [5.41, 5.74) is 2.17. The number of ether oxygens (including phenoxy) is 1. The first kappa shape index (κ1) is 8.97. The number of methoxy groups -OCH3 is 1. The topological polar surface area (TPSA) is 29.9 Å². The molecule has 15 heavy (non-hydrogen) atoms. The summed E-state index contributed by atoms with van der Waals surface area (Å²) in [6, 6.07) is 6.63. The van der Waals surface area contributed by atoms with E-state index in [1.165, 1.54) is 12.8 Å². The van der Waals surface area contributed by atoms with Crippen molar-refractivity contribution in [1.82, 2.24) is 9.55 Å². The van der Waals surface area contributed by atoms with E-state index in [-0.39, 0.29) is 0 Å². The average Bonchev–Trinajstić information content (AvgIpc) is 3.00. The van der Waals surface area contributed by atoms with Crippen molar-refractivity contribution in [1.29, 1.82) is 0 Å². The van der Waals surface area contributed by atoms with Gasteiger partial charge in [0.15, 0.2) is 4.77 Å². The van der Waals surface area contributed by atoms with Crippen molar-refractivity contribution in [2.24, 2.45) is 0 Å². The molecule has 0 bridgehead atoms. The van der Waals surface area contributed by atoms with Crippen LogP contribution in [0.25, 0.3) is 11.0 Å². The highest BCUT2D eigenvalue weighted by Crippen LogP contribution is 2.38. The molecule has 1 aliphatic carbocycles. The molecule has 1 fully saturated rings. The van der Waals surface area contributed by atoms with Gasteiger partial charge < -0.3 is 14.3 Å². The van der Waals surface area contributed by atoms with E-state index in [2.05, 4.69) is 15.6 Å². The first-order valence-corrected chi connectivity index (χ1v) is 5.49. The standard InChI is InChI=1S/C11H12N2OS/c1-14-9-4-2-3-8-10(9)12-11(15)13(8)7-5-6-7/h2-4,7H,5-6H2,1H3,(H,12,15). The van der Waals surface area contributed by atoms with Crippen LogP contribution < -0.4 is 4.74 Å². The van der Waals surface area contributed by atoms with Crippen molar-refractivity contribution < 1.29 is 4.74 Å². The van der Waals surface area contributed by atoms with E-state index in [0.717, 1.165) is 21.6 Å². The monoisotopic (exact) mass is 220 g/mol. The molecule has 1 aliphatic rings. The van der Waals surface area contributed by atoms with Gasteiger partial charge in [-0.05, 0) is 37.2 Å². The van der Waals surface area contributed by atoms with Gasteiger partial charge >= 0.3 is 0 Å². The van der Waals surface area contributed by atoms with Crippen LogP contribution in [0.5, 0.6) is 5.75 Å². The SMILES string of the molecule is COc1cccc2c1[nH]c(=S)n2C1CC1. The molecule has 0 aliphatic heterocycles. The minimum Gasteiger partial charge on any atom is -0.494 e. The summed E-state index contributed by atoms with van der Waals surface area (Å²) >= 11 is 5.33. The lowest BCUT2D eigenvalue weighted by Crippen LogP contribution is -1.92. The second-order valence-corrected chi connectivity index (χ2v) is 4.27. The highest BCUT2D eigenvalue weighted by Gasteiger charge is 2.26. The lowest BCUT2D eigenvalue weighted by atomic mass is 10.3. The first-order chi connectivity index (χ1) is 7.31. The van der Waals surface area contributed by atoms with Crippen LogP contribution in [0.3, 0.4) is 0 Å². The Bertz CT molecular complexity index is 565. The Morgan fingerprint density at radius 1 is 1.47 bits per heavy atom. The molecule has 0 spiro atoms. The number of aromatic nitrogens is 2. The largest absolute Gasteiger partial charge is 0.494 e. The molecule has 2 aromatic rings. The van der Waals surface area contributed by atoms with Gasteiger partial charge in [0.25, 0.3) is 0 Å². The molecule has 78 valence electrons. The zero-order valence-corrected chi connectivity index (χ0v) is 9.30. The molecule has 0 unspecified atom stereocenters. The summed E-state index contributed by atoms with van der Waals surface area (Å²) in [5.74, 6) is 0.859. The molecule has 1 saturated carbocycles. The van der Waals surface area contributed by atoms with Crippen molar-refractivity contribution in [2.75, 3.05) is 7.11 Å². The summed E-state index contributed by atoms with van der Waals surface area (Å²) in [6.07, 6.45) is 2.47. The number of rotatable bonds is 2. The first-order valence-electron chi connectivity index (χ1n) is 5.08. The number of hydrogen-bond donors (Lipinski definition) is 1. The van der Waals surface area contributed by atoms with Gasteiger partial charge in [0.2, 0.25) is 0 Å². The fraction of sp³-hybridized carbons (Fsp3) is 0.364. The van der Waals surface area contributed by atoms with Crippen molar-refractivity contribution in [3.8, 4) is 5.75 Å². The van der Waals surface area contributed by atoms with E-state index < -0.39 is 0 Å². The third-order valence-electron chi connectivity index (χ3n) is 2.85. The van der Waals surface area contributed by atoms with E-state index >= 15 is 0 Å². The Morgan fingerprint density at radius 2 is 2.27 bits per heavy atom. The van der Waals surface area contributed by atoms with E-state index in [4.69, 9.17) is 17.0 Å². The van der Waals surface area contributed by atoms with Crippen LogP contribution in [0.15, 0.2) is 18.2 Å². The second kappa shape index (κ2) is 3.10. The predicted octanol–water partition coefficient (Wildman–Crippen LogP) is 3.04. The number of benzene rings is 1. The second-order valence-electron chi connectivity index (χ2n) is 3.89. The molecule has 1 aromatic carbocycles. The van der Waals surface area contributed by atoms with Gasteiger partial charge in [-0.3, -0.25) is 0 Å². The maximum absolute atomic E-state index is 5.33. The van der Waals surface area contributed by atoms with Gasteiger partial charge in [-0.2, -0.15) is 0 Å². The van der Waals surface area contributed by atoms with E-state index in [1.807, 2.05) is 12.1 Å². The summed E-state index contributed by atoms with van der Waals surface area (Å²) < 4.78 is 8.31. The minimum atomic E-state index is 0.596. The third-order valence-corrected chi connectivity index (χ3v) is 3.15. The summed E-state index contributed by atoms with van der Waals surface area (Å²) in [5, 5.41) is 0. The number of fused-ring (bicyclic) bond motifs is 1. The maximum atomic E-state index is 5.33. The van der Waals surface area contributed by atoms with Gasteiger partial charge in [0, 0.05) is 6.04 Å². The minimum absolute atomic E-state index is 0.596. The lowest BCUT2D eigenvalue weighted by Gasteiger charge is -2.03. The molecule has 1 N–H and O–H groups in total. The van der Waals surface area contributed by atoms with Crippen LogP contribution >= 0.6 is 12.2 Å². The fourth-order valence-corrected chi connectivity index (χ4v) is 2.34. The van der Waals surface area contributed by atoms with Crippen molar-refractivity contribution >= 4 is 23.3 Å². The highest BCUT2D eigenvalue weighted by atomic mass is 32.1. The van der Waals surface area contributed by atoms with Crippen LogP contribution in [0.1, 0.15) is 18.9 Å². The highest BCUT2D eigenvalue weighted by molar-refractivity contribution is 7.71. The Kier molecular flexibility index (Phi) is 1.85. The number of para-hydroxylation sites is 1. The Morgan fingerprint density at radius 3 is 2.93 bits per heavy atom. The molecule has 3 rings (SSSR count). The number of nitrogens with zero attached hydrogens (tertiary/aromatic N) is 1. The van der Waals surface area contributed by atoms with Gasteiger partial charge in [-0.25, -0.2) is 0 Å². The summed E-state index contributed by atoms with van der Waals surface area (Å²) in [6.45, 7) is 0. The zero-order chi connectivity index (χ0) is 10.4. The molecule has 0 saturated heterocycles. The molecular weight excluding hydrogens is 208 g/mol. The van der Waals surface area contributed by atoms with Crippen LogP contribution in [0.2, 0.25) is 0 Å². The molecule has 1 heterocycles. The van der Waals surface area contributed by atoms with Crippen molar-refractivity contribution in [2.45, 2.75) is 18.9 Å². The molecule has 0 amide bonds. The lowest BCUT2D eigenvalue weighted by molar-refractivity contribution is 0.419. The van der Waals surface area contributed by atoms with Crippen LogP contribution in [0, 0.1) is 4.77 Å². The number of aromatic amines is 1. The number of nitrogens with one attached hydrogen (secondary N) is 1. The molecule has 1 aromatic heterocycles. The number of H-pyrrole nitrogens is 1. The summed E-state index contributed by atoms with van der Waals surface area (Å²) in [4.78, 5) is 3.22. The maximum Gasteiger partial charge on any atom is 0.178 e. The van der Waals surface area contributed by atoms with Gasteiger partial charge in [0.1, 0.15) is 11.3 Å². The number of hydrogen-bond acceptors (Lipinski definition) is 2. The van der Waals surface area contributed by atoms with E-state index in [9.17, 15) is 0 Å². The average molecular weight is 220 g/mol. The molecule has 0 radical (unpaired) electrons. The smallest absolute Gasteiger partial charge is 0.178 e. The van der Waals surface area contributed by atoms with Crippen molar-refractivity contribution in [3.05, 3.63) is 23.0 Å². The predicted molar refractivity (Wildman–Crippen MR) is 61.9 cm³/mol. The Hall–Kier alpha value is -1.29. The van der Waals surface area contributed by atoms with E-state index in [0.29, 0.717) is 6.04 Å². The van der Waals surface area contributed by atoms with Gasteiger partial charge in [0.05, 0.1) is 12.6 Å². The van der Waals surface area contributed by atoms with Crippen LogP contribution in [0.4, 0.5) is 0 Å². The number of imidazole rings is 1. The summed E-state index contributed by atoms with van der Waals surface area (Å²) in [7, 11) is 1.68. The molecule has 3 nitrogen and oxygen atoms in total. The molecular formula is C11H12N2OS. The molecule has 4 heteroatoms. The van der Waals surface area contributed by atoms with Crippen LogP contribution in [-0.4, -0.2) is 16.7 Å². The normalized spacial score (nSPS) is 15.8. The van der Waals surface area contributed by atoms with Crippen molar-refractivity contribution in [3.63, 3.8) is 0 Å². The van der Waals surface area contributed by atoms with Crippen LogP contribution in [-0.2, 0) is 0 Å². The van der Waals surface area contributed by atoms with Gasteiger partial charge in [-0.15, -0.1) is 0 Å². The quantitative estimate of drug-likeness (QED) is 0.788.